The van der Waals surface area contributed by atoms with Gasteiger partial charge in [0.25, 0.3) is 0 Å². The Labute approximate surface area is 112 Å². The summed E-state index contributed by atoms with van der Waals surface area (Å²) in [6, 6.07) is 13.6. The second kappa shape index (κ2) is 4.84. The van der Waals surface area contributed by atoms with Crippen LogP contribution in [-0.4, -0.2) is 11.7 Å². The molecule has 0 saturated carbocycles. The molecule has 0 amide bonds. The Kier molecular flexibility index (Phi) is 3.03. The average Bonchev–Trinajstić information content (AvgIpc) is 2.86. The Morgan fingerprint density at radius 3 is 2.89 bits per heavy atom. The summed E-state index contributed by atoms with van der Waals surface area (Å²) in [5, 5.41) is 13.3. The van der Waals surface area contributed by atoms with Crippen LogP contribution in [0.25, 0.3) is 0 Å². The van der Waals surface area contributed by atoms with E-state index >= 15 is 0 Å². The van der Waals surface area contributed by atoms with Gasteiger partial charge in [-0.15, -0.1) is 0 Å². The zero-order valence-corrected chi connectivity index (χ0v) is 10.9. The second-order valence-corrected chi connectivity index (χ2v) is 4.85. The molecule has 0 radical (unpaired) electrons. The van der Waals surface area contributed by atoms with E-state index in [-0.39, 0.29) is 6.04 Å². The zero-order valence-electron chi connectivity index (χ0n) is 10.9. The molecule has 3 heteroatoms. The van der Waals surface area contributed by atoms with Crippen molar-refractivity contribution in [1.29, 1.82) is 0 Å². The van der Waals surface area contributed by atoms with Crippen LogP contribution in [0.15, 0.2) is 42.5 Å². The van der Waals surface area contributed by atoms with Gasteiger partial charge in [0.05, 0.1) is 12.6 Å². The van der Waals surface area contributed by atoms with Crippen LogP contribution in [0.3, 0.4) is 0 Å². The monoisotopic (exact) mass is 255 g/mol. The fraction of sp³-hybridized carbons (Fsp3) is 0.250. The van der Waals surface area contributed by atoms with E-state index in [0.717, 1.165) is 30.0 Å². The molecular formula is C16H17NO2. The predicted molar refractivity (Wildman–Crippen MR) is 75.8 cm³/mol. The molecular weight excluding hydrogens is 238 g/mol. The molecule has 2 N–H and O–H groups in total. The van der Waals surface area contributed by atoms with Gasteiger partial charge in [-0.2, -0.15) is 0 Å². The number of anilines is 1. The van der Waals surface area contributed by atoms with Gasteiger partial charge in [0.1, 0.15) is 11.5 Å². The van der Waals surface area contributed by atoms with Gasteiger partial charge >= 0.3 is 0 Å². The first kappa shape index (κ1) is 11.9. The lowest BCUT2D eigenvalue weighted by Gasteiger charge is -2.17. The Morgan fingerprint density at radius 2 is 2.05 bits per heavy atom. The molecule has 0 fully saturated rings. The van der Waals surface area contributed by atoms with Gasteiger partial charge in [0, 0.05) is 17.7 Å². The van der Waals surface area contributed by atoms with E-state index in [1.54, 1.807) is 6.07 Å². The van der Waals surface area contributed by atoms with Crippen LogP contribution in [0.4, 0.5) is 5.69 Å². The van der Waals surface area contributed by atoms with Gasteiger partial charge in [-0.3, -0.25) is 0 Å². The quantitative estimate of drug-likeness (QED) is 0.882. The van der Waals surface area contributed by atoms with E-state index in [1.807, 2.05) is 37.3 Å². The number of nitrogens with one attached hydrogen (secondary N) is 1. The number of hydrogen-bond acceptors (Lipinski definition) is 3. The van der Waals surface area contributed by atoms with Crippen molar-refractivity contribution in [3.05, 3.63) is 53.6 Å². The fourth-order valence-electron chi connectivity index (χ4n) is 2.46. The molecule has 3 rings (SSSR count). The Balaban J connectivity index is 1.80. The zero-order chi connectivity index (χ0) is 13.2. The van der Waals surface area contributed by atoms with E-state index in [0.29, 0.717) is 5.75 Å². The number of phenolic OH excluding ortho intramolecular Hbond substituents is 1. The summed E-state index contributed by atoms with van der Waals surface area (Å²) in [5.41, 5.74) is 3.20. The number of hydrogen-bond donors (Lipinski definition) is 2. The van der Waals surface area contributed by atoms with Crippen LogP contribution in [-0.2, 0) is 6.42 Å². The second-order valence-electron chi connectivity index (χ2n) is 4.85. The number of ether oxygens (including phenoxy) is 1. The summed E-state index contributed by atoms with van der Waals surface area (Å²) in [6.07, 6.45) is 0.968. The van der Waals surface area contributed by atoms with Crippen molar-refractivity contribution in [1.82, 2.24) is 0 Å². The van der Waals surface area contributed by atoms with E-state index in [4.69, 9.17) is 4.74 Å². The third-order valence-corrected chi connectivity index (χ3v) is 3.48. The number of fused-ring (bicyclic) bond motifs is 1. The lowest BCUT2D eigenvalue weighted by Crippen LogP contribution is -2.06. The van der Waals surface area contributed by atoms with Crippen LogP contribution in [0, 0.1) is 0 Å². The average molecular weight is 255 g/mol. The van der Waals surface area contributed by atoms with E-state index < -0.39 is 0 Å². The minimum Gasteiger partial charge on any atom is -0.508 e. The summed E-state index contributed by atoms with van der Waals surface area (Å²) in [6.45, 7) is 2.81. The molecule has 19 heavy (non-hydrogen) atoms. The van der Waals surface area contributed by atoms with Crippen LogP contribution >= 0.6 is 0 Å². The minimum atomic E-state index is 0.0570. The predicted octanol–water partition coefficient (Wildman–Crippen LogP) is 3.50. The standard InChI is InChI=1S/C16H17NO2/c1-11(14-4-2-3-5-15(14)18)17-13-6-7-16-12(10-13)8-9-19-16/h2-7,10-11,17-18H,8-9H2,1H3. The third kappa shape index (κ3) is 2.36. The highest BCUT2D eigenvalue weighted by Gasteiger charge is 2.14. The summed E-state index contributed by atoms with van der Waals surface area (Å²) in [7, 11) is 0. The first-order valence-electron chi connectivity index (χ1n) is 6.54. The molecule has 98 valence electrons. The Bertz CT molecular complexity index is 595. The summed E-state index contributed by atoms with van der Waals surface area (Å²) >= 11 is 0. The first-order valence-corrected chi connectivity index (χ1v) is 6.54. The van der Waals surface area contributed by atoms with Crippen molar-refractivity contribution in [2.24, 2.45) is 0 Å². The topological polar surface area (TPSA) is 41.5 Å². The van der Waals surface area contributed by atoms with Gasteiger partial charge < -0.3 is 15.2 Å². The summed E-state index contributed by atoms with van der Waals surface area (Å²) in [5.74, 6) is 1.31. The molecule has 1 aliphatic heterocycles. The fourth-order valence-corrected chi connectivity index (χ4v) is 2.46. The number of rotatable bonds is 3. The number of aromatic hydroxyl groups is 1. The highest BCUT2D eigenvalue weighted by molar-refractivity contribution is 5.54. The smallest absolute Gasteiger partial charge is 0.122 e. The normalized spacial score (nSPS) is 14.6. The SMILES string of the molecule is CC(Nc1ccc2c(c1)CCO2)c1ccccc1O. The number of phenols is 1. The molecule has 1 unspecified atom stereocenters. The molecule has 2 aromatic carbocycles. The van der Waals surface area contributed by atoms with Gasteiger partial charge in [-0.1, -0.05) is 18.2 Å². The molecule has 1 aliphatic rings. The van der Waals surface area contributed by atoms with Gasteiger partial charge in [-0.25, -0.2) is 0 Å². The molecule has 0 saturated heterocycles. The lowest BCUT2D eigenvalue weighted by atomic mass is 10.1. The van der Waals surface area contributed by atoms with Crippen LogP contribution in [0.1, 0.15) is 24.1 Å². The first-order chi connectivity index (χ1) is 9.24. The van der Waals surface area contributed by atoms with E-state index in [1.165, 1.54) is 5.56 Å². The molecule has 0 aliphatic carbocycles. The van der Waals surface area contributed by atoms with Crippen molar-refractivity contribution >= 4 is 5.69 Å². The lowest BCUT2D eigenvalue weighted by molar-refractivity contribution is 0.357. The molecule has 0 bridgehead atoms. The van der Waals surface area contributed by atoms with Gasteiger partial charge in [-0.05, 0) is 36.8 Å². The maximum absolute atomic E-state index is 9.85. The maximum atomic E-state index is 9.85. The number of para-hydroxylation sites is 1. The van der Waals surface area contributed by atoms with Crippen LogP contribution in [0.2, 0.25) is 0 Å². The van der Waals surface area contributed by atoms with Crippen molar-refractivity contribution in [3.63, 3.8) is 0 Å². The van der Waals surface area contributed by atoms with Crippen molar-refractivity contribution in [2.45, 2.75) is 19.4 Å². The molecule has 1 heterocycles. The molecule has 0 spiro atoms. The third-order valence-electron chi connectivity index (χ3n) is 3.48. The highest BCUT2D eigenvalue weighted by Crippen LogP contribution is 2.31. The van der Waals surface area contributed by atoms with Crippen LogP contribution in [0.5, 0.6) is 11.5 Å². The molecule has 0 aromatic heterocycles. The summed E-state index contributed by atoms with van der Waals surface area (Å²) in [4.78, 5) is 0. The van der Waals surface area contributed by atoms with Crippen molar-refractivity contribution in [2.75, 3.05) is 11.9 Å². The maximum Gasteiger partial charge on any atom is 0.122 e. The van der Waals surface area contributed by atoms with Crippen molar-refractivity contribution in [3.8, 4) is 11.5 Å². The Morgan fingerprint density at radius 1 is 1.21 bits per heavy atom. The molecule has 3 nitrogen and oxygen atoms in total. The van der Waals surface area contributed by atoms with Gasteiger partial charge in [0.2, 0.25) is 0 Å². The summed E-state index contributed by atoms with van der Waals surface area (Å²) < 4.78 is 5.49. The largest absolute Gasteiger partial charge is 0.508 e. The minimum absolute atomic E-state index is 0.0570. The highest BCUT2D eigenvalue weighted by atomic mass is 16.5. The van der Waals surface area contributed by atoms with E-state index in [2.05, 4.69) is 11.4 Å². The van der Waals surface area contributed by atoms with Gasteiger partial charge in [0.15, 0.2) is 0 Å². The number of benzene rings is 2. The Hall–Kier alpha value is -2.16. The molecule has 2 aromatic rings. The van der Waals surface area contributed by atoms with E-state index in [9.17, 15) is 5.11 Å². The van der Waals surface area contributed by atoms with Crippen molar-refractivity contribution < 1.29 is 9.84 Å². The molecule has 1 atom stereocenters. The van der Waals surface area contributed by atoms with Crippen LogP contribution < -0.4 is 10.1 Å².